The van der Waals surface area contributed by atoms with Gasteiger partial charge >= 0.3 is 0 Å². The molecule has 4 nitrogen and oxygen atoms in total. The molecule has 18 heavy (non-hydrogen) atoms. The Labute approximate surface area is 108 Å². The average molecular weight is 270 g/mol. The quantitative estimate of drug-likeness (QED) is 0.414. The van der Waals surface area contributed by atoms with Crippen molar-refractivity contribution < 1.29 is 17.3 Å². The van der Waals surface area contributed by atoms with Gasteiger partial charge in [0.25, 0.3) is 10.1 Å². The molecule has 0 radical (unpaired) electrons. The van der Waals surface area contributed by atoms with Crippen LogP contribution in [0.3, 0.4) is 0 Å². The zero-order valence-corrected chi connectivity index (χ0v) is 11.3. The lowest BCUT2D eigenvalue weighted by Gasteiger charge is -2.06. The molecule has 0 aliphatic carbocycles. The van der Waals surface area contributed by atoms with Crippen molar-refractivity contribution in [3.8, 4) is 0 Å². The summed E-state index contributed by atoms with van der Waals surface area (Å²) in [4.78, 5) is 0.190. The molecule has 0 amide bonds. The molecule has 100 valence electrons. The summed E-state index contributed by atoms with van der Waals surface area (Å²) < 4.78 is 33.4. The average Bonchev–Trinajstić information content (AvgIpc) is 2.34. The van der Waals surface area contributed by atoms with Crippen LogP contribution in [0.1, 0.15) is 18.4 Å². The number of hydrogen-bond acceptors (Lipinski definition) is 4. The fourth-order valence-corrected chi connectivity index (χ4v) is 2.26. The minimum atomic E-state index is -3.63. The van der Waals surface area contributed by atoms with Crippen LogP contribution in [-0.2, 0) is 19.0 Å². The maximum absolute atomic E-state index is 11.8. The summed E-state index contributed by atoms with van der Waals surface area (Å²) in [5.74, 6) is 0. The second kappa shape index (κ2) is 7.18. The van der Waals surface area contributed by atoms with E-state index in [1.165, 1.54) is 6.26 Å². The van der Waals surface area contributed by atoms with Crippen molar-refractivity contribution >= 4 is 10.1 Å². The first-order valence-electron chi connectivity index (χ1n) is 5.75. The summed E-state index contributed by atoms with van der Waals surface area (Å²) in [5, 5.41) is 0. The van der Waals surface area contributed by atoms with Crippen molar-refractivity contribution in [1.82, 2.24) is 0 Å². The van der Waals surface area contributed by atoms with Gasteiger partial charge in [0.05, 0.1) is 24.4 Å². The lowest BCUT2D eigenvalue weighted by molar-refractivity contribution is 0.227. The molecule has 0 N–H and O–H groups in total. The summed E-state index contributed by atoms with van der Waals surface area (Å²) in [6.07, 6.45) is 2.72. The van der Waals surface area contributed by atoms with Gasteiger partial charge < -0.3 is 4.74 Å². The molecular weight excluding hydrogens is 252 g/mol. The van der Waals surface area contributed by atoms with E-state index in [-0.39, 0.29) is 11.5 Å². The van der Waals surface area contributed by atoms with E-state index in [1.807, 2.05) is 6.92 Å². The van der Waals surface area contributed by atoms with Crippen molar-refractivity contribution in [3.63, 3.8) is 0 Å². The number of unbranched alkanes of at least 4 members (excludes halogenated alkanes) is 1. The van der Waals surface area contributed by atoms with Gasteiger partial charge in [-0.1, -0.05) is 24.3 Å². The van der Waals surface area contributed by atoms with Crippen LogP contribution in [0, 0.1) is 6.92 Å². The number of benzene rings is 1. The maximum atomic E-state index is 11.8. The standard InChI is InChI=1S/C13H18O4S/c1-3-16-10-4-5-11-17-18(14,15)13-8-6-12(2)7-9-13/h3,6-9H,1,4-5,10-11H2,2H3. The van der Waals surface area contributed by atoms with Crippen LogP contribution in [0.4, 0.5) is 0 Å². The lowest BCUT2D eigenvalue weighted by atomic mass is 10.2. The van der Waals surface area contributed by atoms with Gasteiger partial charge in [0.2, 0.25) is 0 Å². The highest BCUT2D eigenvalue weighted by Crippen LogP contribution is 2.13. The van der Waals surface area contributed by atoms with Gasteiger partial charge in [-0.25, -0.2) is 0 Å². The summed E-state index contributed by atoms with van der Waals surface area (Å²) in [6, 6.07) is 6.58. The van der Waals surface area contributed by atoms with Crippen LogP contribution in [0.15, 0.2) is 42.0 Å². The van der Waals surface area contributed by atoms with Crippen LogP contribution in [0.25, 0.3) is 0 Å². The molecule has 1 rings (SSSR count). The molecule has 0 atom stereocenters. The Hall–Kier alpha value is -1.33. The van der Waals surface area contributed by atoms with E-state index in [0.717, 1.165) is 12.0 Å². The van der Waals surface area contributed by atoms with Crippen molar-refractivity contribution in [2.24, 2.45) is 0 Å². The number of hydrogen-bond donors (Lipinski definition) is 0. The Kier molecular flexibility index (Phi) is 5.88. The molecule has 1 aromatic carbocycles. The minimum Gasteiger partial charge on any atom is -0.502 e. The predicted octanol–water partition coefficient (Wildman–Crippen LogP) is 2.64. The molecule has 0 saturated carbocycles. The third kappa shape index (κ3) is 4.89. The molecule has 5 heteroatoms. The van der Waals surface area contributed by atoms with Gasteiger partial charge in [-0.15, -0.1) is 0 Å². The van der Waals surface area contributed by atoms with E-state index in [1.54, 1.807) is 24.3 Å². The maximum Gasteiger partial charge on any atom is 0.296 e. The second-order valence-electron chi connectivity index (χ2n) is 3.83. The summed E-state index contributed by atoms with van der Waals surface area (Å²) >= 11 is 0. The molecule has 1 aromatic rings. The minimum absolute atomic E-state index is 0.163. The molecule has 0 aliphatic rings. The molecule has 0 spiro atoms. The van der Waals surface area contributed by atoms with E-state index in [4.69, 9.17) is 8.92 Å². The van der Waals surface area contributed by atoms with Crippen LogP contribution in [0.2, 0.25) is 0 Å². The van der Waals surface area contributed by atoms with Crippen molar-refractivity contribution in [1.29, 1.82) is 0 Å². The Morgan fingerprint density at radius 3 is 2.39 bits per heavy atom. The van der Waals surface area contributed by atoms with Crippen molar-refractivity contribution in [2.75, 3.05) is 13.2 Å². The van der Waals surface area contributed by atoms with Gasteiger partial charge in [-0.2, -0.15) is 8.42 Å². The first-order valence-corrected chi connectivity index (χ1v) is 7.16. The van der Waals surface area contributed by atoms with Gasteiger partial charge in [0.15, 0.2) is 0 Å². The number of rotatable bonds is 8. The molecule has 0 aromatic heterocycles. The molecule has 0 heterocycles. The van der Waals surface area contributed by atoms with E-state index < -0.39 is 10.1 Å². The smallest absolute Gasteiger partial charge is 0.296 e. The molecular formula is C13H18O4S. The Bertz CT molecular complexity index is 462. The highest BCUT2D eigenvalue weighted by atomic mass is 32.2. The van der Waals surface area contributed by atoms with Crippen molar-refractivity contribution in [3.05, 3.63) is 42.7 Å². The summed E-state index contributed by atoms with van der Waals surface area (Å²) in [5.41, 5.74) is 1.01. The highest BCUT2D eigenvalue weighted by Gasteiger charge is 2.13. The predicted molar refractivity (Wildman–Crippen MR) is 69.7 cm³/mol. The molecule has 0 fully saturated rings. The first-order chi connectivity index (χ1) is 8.56. The molecule has 0 aliphatic heterocycles. The zero-order valence-electron chi connectivity index (χ0n) is 10.5. The van der Waals surface area contributed by atoms with E-state index in [2.05, 4.69) is 6.58 Å². The summed E-state index contributed by atoms with van der Waals surface area (Å²) in [7, 11) is -3.63. The number of aryl methyl sites for hydroxylation is 1. The van der Waals surface area contributed by atoms with E-state index in [0.29, 0.717) is 13.0 Å². The number of ether oxygens (including phenoxy) is 1. The van der Waals surface area contributed by atoms with Gasteiger partial charge in [-0.05, 0) is 31.9 Å². The third-order valence-electron chi connectivity index (χ3n) is 2.32. The van der Waals surface area contributed by atoms with Crippen molar-refractivity contribution in [2.45, 2.75) is 24.7 Å². The van der Waals surface area contributed by atoms with E-state index in [9.17, 15) is 8.42 Å². The molecule has 0 bridgehead atoms. The lowest BCUT2D eigenvalue weighted by Crippen LogP contribution is -2.08. The largest absolute Gasteiger partial charge is 0.502 e. The normalized spacial score (nSPS) is 11.2. The van der Waals surface area contributed by atoms with Crippen LogP contribution >= 0.6 is 0 Å². The monoisotopic (exact) mass is 270 g/mol. The SMILES string of the molecule is C=COCCCCOS(=O)(=O)c1ccc(C)cc1. The first kappa shape index (κ1) is 14.7. The topological polar surface area (TPSA) is 52.6 Å². The Morgan fingerprint density at radius 1 is 1.17 bits per heavy atom. The second-order valence-corrected chi connectivity index (χ2v) is 5.45. The molecule has 0 saturated heterocycles. The van der Waals surface area contributed by atoms with Crippen LogP contribution < -0.4 is 0 Å². The van der Waals surface area contributed by atoms with Crippen LogP contribution in [0.5, 0.6) is 0 Å². The fraction of sp³-hybridized carbons (Fsp3) is 0.385. The fourth-order valence-electron chi connectivity index (χ4n) is 1.31. The van der Waals surface area contributed by atoms with Crippen LogP contribution in [-0.4, -0.2) is 21.6 Å². The van der Waals surface area contributed by atoms with Gasteiger partial charge in [0, 0.05) is 0 Å². The summed E-state index contributed by atoms with van der Waals surface area (Å²) in [6.45, 7) is 6.00. The Balaban J connectivity index is 2.40. The van der Waals surface area contributed by atoms with Gasteiger partial charge in [-0.3, -0.25) is 4.18 Å². The Morgan fingerprint density at radius 2 is 1.78 bits per heavy atom. The third-order valence-corrected chi connectivity index (χ3v) is 3.65. The molecule has 0 unspecified atom stereocenters. The van der Waals surface area contributed by atoms with Gasteiger partial charge in [0.1, 0.15) is 0 Å². The van der Waals surface area contributed by atoms with E-state index >= 15 is 0 Å². The highest BCUT2D eigenvalue weighted by molar-refractivity contribution is 7.86. The zero-order chi connectivity index (χ0) is 13.4.